The number of amides is 10. The van der Waals surface area contributed by atoms with Crippen molar-refractivity contribution in [3.63, 3.8) is 0 Å². The Morgan fingerprint density at radius 2 is 1.31 bits per heavy atom. The van der Waals surface area contributed by atoms with Crippen LogP contribution in [0.15, 0.2) is 82.6 Å². The maximum absolute atomic E-state index is 15.1. The number of nitrogens with zero attached hydrogens (tertiary/aromatic N) is 4. The molecule has 3 aromatic rings. The van der Waals surface area contributed by atoms with Gasteiger partial charge in [-0.25, -0.2) is 0 Å². The van der Waals surface area contributed by atoms with E-state index in [1.807, 2.05) is 24.3 Å². The van der Waals surface area contributed by atoms with Gasteiger partial charge >= 0.3 is 0 Å². The summed E-state index contributed by atoms with van der Waals surface area (Å²) in [7, 11) is 0. The van der Waals surface area contributed by atoms with Crippen molar-refractivity contribution in [2.24, 2.45) is 27.2 Å². The second-order valence-electron chi connectivity index (χ2n) is 20.5. The summed E-state index contributed by atoms with van der Waals surface area (Å²) in [5.41, 5.74) is 19.4. The fourth-order valence-electron chi connectivity index (χ4n) is 10.6. The highest BCUT2D eigenvalue weighted by atomic mass is 16.2. The van der Waals surface area contributed by atoms with Crippen LogP contribution in [0.25, 0.3) is 10.9 Å². The van der Waals surface area contributed by atoms with Gasteiger partial charge in [0.2, 0.25) is 59.1 Å². The summed E-state index contributed by atoms with van der Waals surface area (Å²) in [4.78, 5) is 155. The molecule has 0 radical (unpaired) electrons. The van der Waals surface area contributed by atoms with E-state index >= 15 is 4.79 Å². The number of hydrogen-bond acceptors (Lipinski definition) is 12. The number of aromatic nitrogens is 1. The molecule has 7 rings (SSSR count). The molecule has 3 saturated heterocycles. The number of hydrogen-bond donors (Lipinski definition) is 11. The van der Waals surface area contributed by atoms with E-state index in [1.54, 1.807) is 48.8 Å². The number of guanidine groups is 1. The molecule has 4 aliphatic heterocycles. The maximum atomic E-state index is 15.1. The van der Waals surface area contributed by atoms with Gasteiger partial charge < -0.3 is 69.2 Å². The van der Waals surface area contributed by atoms with Crippen molar-refractivity contribution in [1.82, 2.24) is 52.0 Å². The molecule has 428 valence electrons. The number of nitrogens with two attached hydrogens (primary N) is 3. The van der Waals surface area contributed by atoms with Gasteiger partial charge in [0, 0.05) is 94.2 Å². The molecule has 80 heavy (non-hydrogen) atoms. The van der Waals surface area contributed by atoms with Gasteiger partial charge in [-0.05, 0) is 75.0 Å². The van der Waals surface area contributed by atoms with Crippen LogP contribution in [0.5, 0.6) is 0 Å². The van der Waals surface area contributed by atoms with Gasteiger partial charge in [-0.15, -0.1) is 0 Å². The summed E-state index contributed by atoms with van der Waals surface area (Å²) in [6, 6.07) is 6.19. The van der Waals surface area contributed by atoms with Gasteiger partial charge in [-0.1, -0.05) is 54.6 Å². The number of carbonyl (C=O) groups excluding carboxylic acids is 10. The molecular formula is C55H73N15O10. The Labute approximate surface area is 462 Å². The Hall–Kier alpha value is -8.64. The molecule has 0 unspecified atom stereocenters. The third-order valence-corrected chi connectivity index (χ3v) is 14.6. The number of para-hydroxylation sites is 1. The highest BCUT2D eigenvalue weighted by Crippen LogP contribution is 2.27. The zero-order chi connectivity index (χ0) is 57.3. The lowest BCUT2D eigenvalue weighted by Gasteiger charge is -2.33. The fourth-order valence-corrected chi connectivity index (χ4v) is 10.6. The maximum Gasteiger partial charge on any atom is 0.246 e. The van der Waals surface area contributed by atoms with Gasteiger partial charge in [-0.3, -0.25) is 57.9 Å². The molecule has 2 aromatic carbocycles. The van der Waals surface area contributed by atoms with E-state index in [0.717, 1.165) is 10.9 Å². The second kappa shape index (κ2) is 28.3. The lowest BCUT2D eigenvalue weighted by Crippen LogP contribution is -2.60. The first-order chi connectivity index (χ1) is 38.4. The largest absolute Gasteiger partial charge is 0.370 e. The van der Waals surface area contributed by atoms with Crippen LogP contribution >= 0.6 is 0 Å². The quantitative estimate of drug-likeness (QED) is 0.0518. The lowest BCUT2D eigenvalue weighted by atomic mass is 10.0. The van der Waals surface area contributed by atoms with Crippen molar-refractivity contribution in [1.29, 1.82) is 0 Å². The van der Waals surface area contributed by atoms with Gasteiger partial charge in [0.25, 0.3) is 0 Å². The summed E-state index contributed by atoms with van der Waals surface area (Å²) in [5, 5.41) is 20.1. The van der Waals surface area contributed by atoms with Crippen LogP contribution in [0.4, 0.5) is 0 Å². The Morgan fingerprint density at radius 3 is 2.00 bits per heavy atom. The van der Waals surface area contributed by atoms with E-state index in [0.29, 0.717) is 48.9 Å². The van der Waals surface area contributed by atoms with Gasteiger partial charge in [-0.2, -0.15) is 0 Å². The predicted octanol–water partition coefficient (Wildman–Crippen LogP) is -1.16. The van der Waals surface area contributed by atoms with Gasteiger partial charge in [0.05, 0.1) is 0 Å². The zero-order valence-corrected chi connectivity index (χ0v) is 44.9. The van der Waals surface area contributed by atoms with E-state index in [4.69, 9.17) is 17.2 Å². The number of aliphatic imine (C=N–C) groups is 2. The molecule has 0 saturated carbocycles. The number of fused-ring (bicyclic) bond motifs is 1. The number of rotatable bonds is 14. The van der Waals surface area contributed by atoms with Crippen LogP contribution in [0.1, 0.15) is 95.1 Å². The Bertz CT molecular complexity index is 2870. The molecule has 0 bridgehead atoms. The number of aromatic amines is 1. The molecule has 1 aromatic heterocycles. The average Bonchev–Trinajstić information content (AvgIpc) is 4.33. The van der Waals surface area contributed by atoms with E-state index in [9.17, 15) is 43.2 Å². The molecule has 25 heteroatoms. The third-order valence-electron chi connectivity index (χ3n) is 14.6. The summed E-state index contributed by atoms with van der Waals surface area (Å²) in [6.45, 7) is 1.68. The normalized spacial score (nSPS) is 24.8. The van der Waals surface area contributed by atoms with Gasteiger partial charge in [0.15, 0.2) is 5.96 Å². The van der Waals surface area contributed by atoms with Crippen LogP contribution < -0.4 is 54.4 Å². The van der Waals surface area contributed by atoms with Crippen LogP contribution in [0.2, 0.25) is 0 Å². The minimum Gasteiger partial charge on any atom is -0.370 e. The fraction of sp³-hybridized carbons (Fsp3) is 0.491. The average molecular weight is 1100 g/mol. The standard InChI is InChI=1S/C55H73N15O10/c1-32(71)63-39-21-22-46(72)60-24-9-18-40(53(79)70-27-11-20-45(70)54(80)69-26-10-19-44(69)47(56)73)65-51(77)42(29-34-31-62-37-16-6-5-15-36(34)37)67-48(74)38(17-8-25-61-55(57)58)64-50(76)41(28-33-12-3-2-4-13-33)66-52(78)43(68-49(39)75)30-35-14-7-23-59-35/h2-6,12-16,23,31,38-45,62H,7-11,17-22,24-30H2,1H3,(H2,56,73)(H,60,72)(H,63,71)(H,64,76)(H,65,77)(H,66,78)(H,67,74)(H,68,75)(H4,57,58,61)/t38-,39-,40-,41+,42-,43-,44-,45-/m0/s1. The minimum absolute atomic E-state index is 0.00926. The molecule has 0 spiro atoms. The summed E-state index contributed by atoms with van der Waals surface area (Å²) in [6.07, 6.45) is 6.65. The summed E-state index contributed by atoms with van der Waals surface area (Å²) >= 11 is 0. The molecule has 4 aliphatic rings. The Kier molecular flexibility index (Phi) is 20.9. The number of benzene rings is 2. The molecule has 3 fully saturated rings. The first kappa shape index (κ1) is 59.0. The molecule has 14 N–H and O–H groups in total. The number of allylic oxidation sites excluding steroid dienone is 1. The van der Waals surface area contributed by atoms with E-state index in [-0.39, 0.29) is 89.9 Å². The molecule has 5 heterocycles. The molecule has 8 atom stereocenters. The van der Waals surface area contributed by atoms with Crippen molar-refractivity contribution in [2.45, 2.75) is 145 Å². The first-order valence-corrected chi connectivity index (χ1v) is 27.3. The minimum atomic E-state index is -1.40. The topological polar surface area (TPSA) is 380 Å². The van der Waals surface area contributed by atoms with Gasteiger partial charge in [0.1, 0.15) is 48.3 Å². The summed E-state index contributed by atoms with van der Waals surface area (Å²) in [5.74, 6) is -6.97. The van der Waals surface area contributed by atoms with Crippen LogP contribution in [0.3, 0.4) is 0 Å². The third kappa shape index (κ3) is 16.2. The number of carbonyl (C=O) groups is 10. The Balaban J connectivity index is 1.26. The van der Waals surface area contributed by atoms with Crippen molar-refractivity contribution in [3.05, 3.63) is 83.7 Å². The molecule has 10 amide bonds. The van der Waals surface area contributed by atoms with Crippen molar-refractivity contribution >= 4 is 82.1 Å². The van der Waals surface area contributed by atoms with Crippen LogP contribution in [-0.2, 0) is 60.8 Å². The zero-order valence-electron chi connectivity index (χ0n) is 44.9. The van der Waals surface area contributed by atoms with E-state index in [2.05, 4.69) is 52.2 Å². The predicted molar refractivity (Wildman–Crippen MR) is 295 cm³/mol. The van der Waals surface area contributed by atoms with E-state index < -0.39 is 107 Å². The highest BCUT2D eigenvalue weighted by molar-refractivity contribution is 5.99. The van der Waals surface area contributed by atoms with Crippen LogP contribution in [0, 0.1) is 0 Å². The number of H-pyrrole nitrogens is 1. The Morgan fingerprint density at radius 1 is 0.688 bits per heavy atom. The molecule has 0 aliphatic carbocycles. The number of primary amides is 1. The van der Waals surface area contributed by atoms with Crippen molar-refractivity contribution in [2.75, 3.05) is 26.2 Å². The van der Waals surface area contributed by atoms with Crippen molar-refractivity contribution in [3.8, 4) is 0 Å². The van der Waals surface area contributed by atoms with Crippen molar-refractivity contribution < 1.29 is 47.9 Å². The number of nitrogens with one attached hydrogen (secondary N) is 8. The smallest absolute Gasteiger partial charge is 0.246 e. The summed E-state index contributed by atoms with van der Waals surface area (Å²) < 4.78 is 0. The van der Waals surface area contributed by atoms with Crippen LogP contribution in [-0.4, -0.2) is 161 Å². The van der Waals surface area contributed by atoms with E-state index in [1.165, 1.54) is 16.7 Å². The monoisotopic (exact) mass is 1100 g/mol. The first-order valence-electron chi connectivity index (χ1n) is 27.3. The number of likely N-dealkylation sites (tertiary alicyclic amines) is 2. The SMILES string of the molecule is CC(=O)N[C@H]1CCC(=O)NCCC[C@@H](C(=O)N2CCC[C@H]2C(=O)N2CCC[C@H]2C(N)=O)NC(=O)[C@H](Cc2c[nH]c3ccccc23)NC(=O)[C@H](CCCN=C(N)N)NC(=O)[C@@H](Cc2ccccc2)NC(=O)[C@H](CC2=CCC=N2)NC1=O. The second-order valence-corrected chi connectivity index (χ2v) is 20.5. The lowest BCUT2D eigenvalue weighted by molar-refractivity contribution is -0.147. The molecule has 25 nitrogen and oxygen atoms in total. The molecular weight excluding hydrogens is 1030 g/mol. The highest BCUT2D eigenvalue weighted by Gasteiger charge is 2.44.